The summed E-state index contributed by atoms with van der Waals surface area (Å²) < 4.78 is 44.5. The number of halogens is 4. The summed E-state index contributed by atoms with van der Waals surface area (Å²) in [5.74, 6) is -3.68. The number of hydrogen-bond donors (Lipinski definition) is 0. The summed E-state index contributed by atoms with van der Waals surface area (Å²) in [7, 11) is 0. The molecule has 0 unspecified atom stereocenters. The van der Waals surface area contributed by atoms with Gasteiger partial charge in [-0.05, 0) is 18.2 Å². The highest BCUT2D eigenvalue weighted by Crippen LogP contribution is 2.33. The van der Waals surface area contributed by atoms with Gasteiger partial charge in [0.1, 0.15) is 17.5 Å². The first-order valence-electron chi connectivity index (χ1n) is 8.00. The van der Waals surface area contributed by atoms with Crippen molar-refractivity contribution in [1.29, 1.82) is 0 Å². The molecule has 4 aromatic rings. The zero-order valence-corrected chi connectivity index (χ0v) is 14.7. The number of nitrogens with zero attached hydrogens (tertiary/aromatic N) is 4. The first-order valence-corrected chi connectivity index (χ1v) is 8.38. The van der Waals surface area contributed by atoms with Gasteiger partial charge in [0.05, 0.1) is 11.3 Å². The molecule has 140 valence electrons. The quantitative estimate of drug-likeness (QED) is 0.517. The Kier molecular flexibility index (Phi) is 4.48. The van der Waals surface area contributed by atoms with Crippen LogP contribution in [0.25, 0.3) is 22.8 Å². The Balaban J connectivity index is 2.14. The third-order valence-electron chi connectivity index (χ3n) is 4.00. The van der Waals surface area contributed by atoms with Crippen LogP contribution in [-0.2, 0) is 0 Å². The van der Waals surface area contributed by atoms with Crippen LogP contribution in [-0.4, -0.2) is 19.3 Å². The third-order valence-corrected chi connectivity index (χ3v) is 4.26. The molecule has 0 N–H and O–H groups in total. The fourth-order valence-electron chi connectivity index (χ4n) is 2.84. The van der Waals surface area contributed by atoms with Crippen molar-refractivity contribution >= 4 is 11.6 Å². The summed E-state index contributed by atoms with van der Waals surface area (Å²) in [6, 6.07) is 10.7. The Morgan fingerprint density at radius 2 is 1.64 bits per heavy atom. The maximum absolute atomic E-state index is 14.5. The minimum atomic E-state index is -1.21. The molecule has 0 spiro atoms. The lowest BCUT2D eigenvalue weighted by Crippen LogP contribution is -2.27. The van der Waals surface area contributed by atoms with Crippen LogP contribution in [0.4, 0.5) is 13.2 Å². The molecule has 0 saturated carbocycles. The predicted molar refractivity (Wildman–Crippen MR) is 97.3 cm³/mol. The molecule has 0 fully saturated rings. The second-order valence-electron chi connectivity index (χ2n) is 5.75. The van der Waals surface area contributed by atoms with Gasteiger partial charge in [-0.1, -0.05) is 29.8 Å². The summed E-state index contributed by atoms with van der Waals surface area (Å²) >= 11 is 6.25. The minimum absolute atomic E-state index is 0.162. The van der Waals surface area contributed by atoms with Gasteiger partial charge in [-0.25, -0.2) is 22.8 Å². The maximum atomic E-state index is 14.5. The molecule has 0 atom stereocenters. The fourth-order valence-corrected chi connectivity index (χ4v) is 3.10. The number of para-hydroxylation sites is 1. The maximum Gasteiger partial charge on any atom is 0.300 e. The second kappa shape index (κ2) is 6.97. The fraction of sp³-hybridized carbons (Fsp3) is 0. The molecule has 0 aliphatic carbocycles. The van der Waals surface area contributed by atoms with E-state index in [0.717, 1.165) is 4.57 Å². The molecule has 4 rings (SSSR count). The summed E-state index contributed by atoms with van der Waals surface area (Å²) in [6.07, 6.45) is 2.92. The molecule has 0 radical (unpaired) electrons. The Hall–Kier alpha value is -3.39. The SMILES string of the molecule is O=c1c(-n2cccn2)nc(Cl)c(-c2c(F)cc(F)cc2F)n1-c1ccccc1. The zero-order valence-electron chi connectivity index (χ0n) is 14.0. The molecule has 0 aliphatic heterocycles. The van der Waals surface area contributed by atoms with Gasteiger partial charge in [-0.2, -0.15) is 5.10 Å². The van der Waals surface area contributed by atoms with E-state index in [9.17, 15) is 18.0 Å². The van der Waals surface area contributed by atoms with E-state index in [1.54, 1.807) is 36.4 Å². The van der Waals surface area contributed by atoms with Crippen molar-refractivity contribution in [3.63, 3.8) is 0 Å². The molecular formula is C19H10ClF3N4O. The molecule has 2 heterocycles. The number of benzene rings is 2. The molecule has 9 heteroatoms. The average molecular weight is 403 g/mol. The average Bonchev–Trinajstić information content (AvgIpc) is 3.18. The van der Waals surface area contributed by atoms with Crippen molar-refractivity contribution < 1.29 is 13.2 Å². The van der Waals surface area contributed by atoms with Gasteiger partial charge >= 0.3 is 5.56 Å². The lowest BCUT2D eigenvalue weighted by Gasteiger charge is -2.17. The van der Waals surface area contributed by atoms with Gasteiger partial charge in [-0.3, -0.25) is 9.36 Å². The topological polar surface area (TPSA) is 52.7 Å². The highest BCUT2D eigenvalue weighted by atomic mass is 35.5. The first-order chi connectivity index (χ1) is 13.5. The second-order valence-corrected chi connectivity index (χ2v) is 6.10. The van der Waals surface area contributed by atoms with Crippen LogP contribution < -0.4 is 5.56 Å². The lowest BCUT2D eigenvalue weighted by molar-refractivity contribution is 0.546. The number of aromatic nitrogens is 4. The molecule has 0 amide bonds. The Labute approximate surface area is 161 Å². The predicted octanol–water partition coefficient (Wildman–Crippen LogP) is 4.16. The van der Waals surface area contributed by atoms with E-state index in [1.165, 1.54) is 17.1 Å². The molecular weight excluding hydrogens is 393 g/mol. The van der Waals surface area contributed by atoms with E-state index in [1.807, 2.05) is 0 Å². The van der Waals surface area contributed by atoms with E-state index in [2.05, 4.69) is 10.1 Å². The lowest BCUT2D eigenvalue weighted by atomic mass is 10.1. The largest absolute Gasteiger partial charge is 0.300 e. The molecule has 2 aromatic carbocycles. The molecule has 28 heavy (non-hydrogen) atoms. The third kappa shape index (κ3) is 2.97. The van der Waals surface area contributed by atoms with Crippen LogP contribution in [0.1, 0.15) is 0 Å². The molecule has 0 bridgehead atoms. The van der Waals surface area contributed by atoms with Crippen LogP contribution in [0.2, 0.25) is 5.15 Å². The van der Waals surface area contributed by atoms with Gasteiger partial charge in [0.15, 0.2) is 5.15 Å². The van der Waals surface area contributed by atoms with Gasteiger partial charge in [-0.15, -0.1) is 0 Å². The summed E-state index contributed by atoms with van der Waals surface area (Å²) in [4.78, 5) is 17.2. The van der Waals surface area contributed by atoms with Crippen molar-refractivity contribution in [2.75, 3.05) is 0 Å². The molecule has 0 saturated heterocycles. The summed E-state index contributed by atoms with van der Waals surface area (Å²) in [6.45, 7) is 0. The van der Waals surface area contributed by atoms with E-state index in [4.69, 9.17) is 11.6 Å². The van der Waals surface area contributed by atoms with Crippen molar-refractivity contribution in [2.45, 2.75) is 0 Å². The highest BCUT2D eigenvalue weighted by molar-refractivity contribution is 6.32. The van der Waals surface area contributed by atoms with Gasteiger partial charge in [0, 0.05) is 30.2 Å². The Morgan fingerprint density at radius 1 is 0.964 bits per heavy atom. The summed E-state index contributed by atoms with van der Waals surface area (Å²) in [5, 5.41) is 3.61. The van der Waals surface area contributed by atoms with Gasteiger partial charge in [0.2, 0.25) is 5.82 Å². The minimum Gasteiger partial charge on any atom is -0.270 e. The van der Waals surface area contributed by atoms with Crippen molar-refractivity contribution in [3.05, 3.63) is 93.9 Å². The van der Waals surface area contributed by atoms with Crippen LogP contribution in [0.3, 0.4) is 0 Å². The summed E-state index contributed by atoms with van der Waals surface area (Å²) in [5.41, 5.74) is -1.41. The first kappa shape index (κ1) is 18.0. The van der Waals surface area contributed by atoms with E-state index in [-0.39, 0.29) is 16.7 Å². The van der Waals surface area contributed by atoms with Gasteiger partial charge < -0.3 is 0 Å². The molecule has 2 aromatic heterocycles. The van der Waals surface area contributed by atoms with Crippen molar-refractivity contribution in [2.24, 2.45) is 0 Å². The van der Waals surface area contributed by atoms with Crippen molar-refractivity contribution in [3.8, 4) is 22.8 Å². The number of rotatable bonds is 3. The standard InChI is InChI=1S/C19H10ClF3N4O/c20-17-16(15-13(22)9-11(21)10-14(15)23)27(12-5-2-1-3-6-12)19(28)18(25-17)26-8-4-7-24-26/h1-10H. The number of hydrogen-bond acceptors (Lipinski definition) is 3. The smallest absolute Gasteiger partial charge is 0.270 e. The van der Waals surface area contributed by atoms with E-state index in [0.29, 0.717) is 17.8 Å². The van der Waals surface area contributed by atoms with Gasteiger partial charge in [0.25, 0.3) is 0 Å². The van der Waals surface area contributed by atoms with Crippen LogP contribution in [0, 0.1) is 17.5 Å². The normalized spacial score (nSPS) is 11.0. The van der Waals surface area contributed by atoms with Crippen LogP contribution >= 0.6 is 11.6 Å². The monoisotopic (exact) mass is 402 g/mol. The van der Waals surface area contributed by atoms with Crippen LogP contribution in [0.5, 0.6) is 0 Å². The molecule has 5 nitrogen and oxygen atoms in total. The Bertz CT molecular complexity index is 1200. The van der Waals surface area contributed by atoms with Crippen molar-refractivity contribution in [1.82, 2.24) is 19.3 Å². The van der Waals surface area contributed by atoms with Crippen LogP contribution in [0.15, 0.2) is 65.7 Å². The van der Waals surface area contributed by atoms with E-state index < -0.39 is 28.6 Å². The molecule has 0 aliphatic rings. The Morgan fingerprint density at radius 3 is 2.25 bits per heavy atom. The van der Waals surface area contributed by atoms with E-state index >= 15 is 0 Å². The highest BCUT2D eigenvalue weighted by Gasteiger charge is 2.25. The zero-order chi connectivity index (χ0) is 19.8.